The predicted molar refractivity (Wildman–Crippen MR) is 118 cm³/mol. The summed E-state index contributed by atoms with van der Waals surface area (Å²) in [6.45, 7) is 2.18. The van der Waals surface area contributed by atoms with Crippen molar-refractivity contribution in [2.45, 2.75) is 75.6 Å². The first-order valence-corrected chi connectivity index (χ1v) is 12.8. The molecule has 1 aliphatic carbocycles. The van der Waals surface area contributed by atoms with Crippen molar-refractivity contribution >= 4 is 21.9 Å². The minimum Gasteiger partial charge on any atom is -0.455 e. The Bertz CT molecular complexity index is 837. The van der Waals surface area contributed by atoms with E-state index >= 15 is 0 Å². The number of carbonyl (C=O) groups excluding carboxylic acids is 2. The quantitative estimate of drug-likeness (QED) is 0.672. The molecule has 0 radical (unpaired) electrons. The summed E-state index contributed by atoms with van der Waals surface area (Å²) >= 11 is 0. The van der Waals surface area contributed by atoms with Gasteiger partial charge < -0.3 is 10.1 Å². The Hall–Kier alpha value is -1.93. The van der Waals surface area contributed by atoms with Crippen LogP contribution in [0, 0.1) is 12.8 Å². The van der Waals surface area contributed by atoms with Crippen LogP contribution in [0.5, 0.6) is 0 Å². The molecule has 0 spiro atoms. The number of nitrogens with zero attached hydrogens (tertiary/aromatic N) is 1. The number of sulfonamides is 1. The maximum absolute atomic E-state index is 12.8. The van der Waals surface area contributed by atoms with Crippen molar-refractivity contribution < 1.29 is 22.7 Å². The fourth-order valence-corrected chi connectivity index (χ4v) is 5.79. The number of carbonyl (C=O) groups is 2. The highest BCUT2D eigenvalue weighted by Gasteiger charge is 2.33. The SMILES string of the molecule is Cc1ccc(S(=O)(=O)N2CCC(C(=O)OCC(=O)NC3CCCCCCC3)CC2)cc1. The third kappa shape index (κ3) is 6.77. The van der Waals surface area contributed by atoms with Crippen LogP contribution in [-0.4, -0.2) is 50.3 Å². The van der Waals surface area contributed by atoms with E-state index in [0.29, 0.717) is 12.8 Å². The van der Waals surface area contributed by atoms with Gasteiger partial charge in [-0.05, 0) is 44.7 Å². The molecule has 0 atom stereocenters. The van der Waals surface area contributed by atoms with Gasteiger partial charge in [0.2, 0.25) is 10.0 Å². The number of benzene rings is 1. The van der Waals surface area contributed by atoms with E-state index in [4.69, 9.17) is 4.74 Å². The molecule has 0 unspecified atom stereocenters. The van der Waals surface area contributed by atoms with E-state index in [1.54, 1.807) is 24.3 Å². The molecule has 172 valence electrons. The Kier molecular flexibility index (Phi) is 8.49. The van der Waals surface area contributed by atoms with E-state index in [1.807, 2.05) is 6.92 Å². The number of rotatable bonds is 6. The second kappa shape index (κ2) is 11.1. The summed E-state index contributed by atoms with van der Waals surface area (Å²) in [5.41, 5.74) is 0.999. The van der Waals surface area contributed by atoms with Crippen molar-refractivity contribution in [2.24, 2.45) is 5.92 Å². The summed E-state index contributed by atoms with van der Waals surface area (Å²) in [4.78, 5) is 24.8. The average molecular weight is 451 g/mol. The molecule has 1 aliphatic heterocycles. The third-order valence-corrected chi connectivity index (χ3v) is 8.17. The van der Waals surface area contributed by atoms with E-state index < -0.39 is 16.0 Å². The van der Waals surface area contributed by atoms with Gasteiger partial charge in [0.25, 0.3) is 5.91 Å². The first-order chi connectivity index (χ1) is 14.9. The van der Waals surface area contributed by atoms with Crippen molar-refractivity contribution in [1.82, 2.24) is 9.62 Å². The molecule has 7 nitrogen and oxygen atoms in total. The molecule has 2 aliphatic rings. The molecule has 1 saturated carbocycles. The van der Waals surface area contributed by atoms with Gasteiger partial charge in [0.1, 0.15) is 0 Å². The molecule has 0 bridgehead atoms. The molecule has 1 saturated heterocycles. The summed E-state index contributed by atoms with van der Waals surface area (Å²) in [7, 11) is -3.56. The van der Waals surface area contributed by atoms with Gasteiger partial charge in [-0.1, -0.05) is 49.8 Å². The van der Waals surface area contributed by atoms with Crippen LogP contribution in [-0.2, 0) is 24.3 Å². The van der Waals surface area contributed by atoms with Gasteiger partial charge in [0.05, 0.1) is 10.8 Å². The van der Waals surface area contributed by atoms with Crippen LogP contribution >= 0.6 is 0 Å². The van der Waals surface area contributed by atoms with Gasteiger partial charge in [-0.15, -0.1) is 0 Å². The fourth-order valence-electron chi connectivity index (χ4n) is 4.32. The summed E-state index contributed by atoms with van der Waals surface area (Å²) in [6.07, 6.45) is 8.68. The van der Waals surface area contributed by atoms with Crippen molar-refractivity contribution in [2.75, 3.05) is 19.7 Å². The van der Waals surface area contributed by atoms with Crippen LogP contribution in [0.4, 0.5) is 0 Å². The number of piperidine rings is 1. The van der Waals surface area contributed by atoms with E-state index in [-0.39, 0.29) is 42.5 Å². The maximum atomic E-state index is 12.8. The monoisotopic (exact) mass is 450 g/mol. The largest absolute Gasteiger partial charge is 0.455 e. The molecular weight excluding hydrogens is 416 g/mol. The van der Waals surface area contributed by atoms with Crippen LogP contribution < -0.4 is 5.32 Å². The zero-order chi connectivity index (χ0) is 22.3. The van der Waals surface area contributed by atoms with Gasteiger partial charge in [-0.3, -0.25) is 9.59 Å². The number of aryl methyl sites for hydroxylation is 1. The highest BCUT2D eigenvalue weighted by Crippen LogP contribution is 2.25. The molecular formula is C23H34N2O5S. The first-order valence-electron chi connectivity index (χ1n) is 11.4. The summed E-state index contributed by atoms with van der Waals surface area (Å²) in [6, 6.07) is 6.94. The summed E-state index contributed by atoms with van der Waals surface area (Å²) < 4.78 is 32.2. The Morgan fingerprint density at radius 3 is 2.16 bits per heavy atom. The zero-order valence-electron chi connectivity index (χ0n) is 18.3. The molecule has 3 rings (SSSR count). The van der Waals surface area contributed by atoms with E-state index in [2.05, 4.69) is 5.32 Å². The normalized spacial score (nSPS) is 19.9. The second-order valence-corrected chi connectivity index (χ2v) is 10.6. The van der Waals surface area contributed by atoms with E-state index in [9.17, 15) is 18.0 Å². The van der Waals surface area contributed by atoms with Gasteiger partial charge in [-0.25, -0.2) is 8.42 Å². The summed E-state index contributed by atoms with van der Waals surface area (Å²) in [5.74, 6) is -1.04. The predicted octanol–water partition coefficient (Wildman–Crippen LogP) is 3.17. The molecule has 0 aromatic heterocycles. The van der Waals surface area contributed by atoms with E-state index in [1.165, 1.54) is 23.6 Å². The number of nitrogens with one attached hydrogen (secondary N) is 1. The van der Waals surface area contributed by atoms with Crippen molar-refractivity contribution in [3.05, 3.63) is 29.8 Å². The molecule has 1 aromatic carbocycles. The molecule has 2 fully saturated rings. The number of amides is 1. The van der Waals surface area contributed by atoms with Gasteiger partial charge >= 0.3 is 5.97 Å². The van der Waals surface area contributed by atoms with Crippen molar-refractivity contribution in [3.8, 4) is 0 Å². The van der Waals surface area contributed by atoms with Crippen LogP contribution in [0.3, 0.4) is 0 Å². The lowest BCUT2D eigenvalue weighted by Gasteiger charge is -2.30. The van der Waals surface area contributed by atoms with Crippen LogP contribution in [0.15, 0.2) is 29.2 Å². The van der Waals surface area contributed by atoms with Crippen LogP contribution in [0.1, 0.15) is 63.4 Å². The van der Waals surface area contributed by atoms with Gasteiger partial charge in [0.15, 0.2) is 6.61 Å². The minimum absolute atomic E-state index is 0.168. The van der Waals surface area contributed by atoms with Crippen molar-refractivity contribution in [1.29, 1.82) is 0 Å². The molecule has 8 heteroatoms. The smallest absolute Gasteiger partial charge is 0.309 e. The standard InChI is InChI=1S/C23H34N2O5S/c1-18-9-11-21(12-10-18)31(28,29)25-15-13-19(14-16-25)23(27)30-17-22(26)24-20-7-5-3-2-4-6-8-20/h9-12,19-20H,2-8,13-17H2,1H3,(H,24,26). The molecule has 1 N–H and O–H groups in total. The molecule has 31 heavy (non-hydrogen) atoms. The average Bonchev–Trinajstić information content (AvgIpc) is 2.74. The Labute approximate surface area is 185 Å². The zero-order valence-corrected chi connectivity index (χ0v) is 19.2. The molecule has 1 amide bonds. The van der Waals surface area contributed by atoms with Crippen molar-refractivity contribution in [3.63, 3.8) is 0 Å². The second-order valence-electron chi connectivity index (χ2n) is 8.71. The topological polar surface area (TPSA) is 92.8 Å². The molecule has 1 aromatic rings. The minimum atomic E-state index is -3.56. The Morgan fingerprint density at radius 2 is 1.55 bits per heavy atom. The van der Waals surface area contributed by atoms with Gasteiger partial charge in [-0.2, -0.15) is 4.31 Å². The lowest BCUT2D eigenvalue weighted by Crippen LogP contribution is -2.41. The lowest BCUT2D eigenvalue weighted by molar-refractivity contribution is -0.153. The first kappa shape index (κ1) is 23.7. The fraction of sp³-hybridized carbons (Fsp3) is 0.652. The van der Waals surface area contributed by atoms with Crippen LogP contribution in [0.25, 0.3) is 0 Å². The number of esters is 1. The maximum Gasteiger partial charge on any atom is 0.309 e. The molecule has 1 heterocycles. The highest BCUT2D eigenvalue weighted by atomic mass is 32.2. The third-order valence-electron chi connectivity index (χ3n) is 6.26. The Morgan fingerprint density at radius 1 is 0.968 bits per heavy atom. The number of hydrogen-bond donors (Lipinski definition) is 1. The van der Waals surface area contributed by atoms with Gasteiger partial charge in [0, 0.05) is 19.1 Å². The van der Waals surface area contributed by atoms with Crippen LogP contribution in [0.2, 0.25) is 0 Å². The number of ether oxygens (including phenoxy) is 1. The summed E-state index contributed by atoms with van der Waals surface area (Å²) in [5, 5.41) is 2.99. The van der Waals surface area contributed by atoms with E-state index in [0.717, 1.165) is 31.2 Å². The highest BCUT2D eigenvalue weighted by molar-refractivity contribution is 7.89. The number of hydrogen-bond acceptors (Lipinski definition) is 5. The lowest BCUT2D eigenvalue weighted by atomic mass is 9.97. The Balaban J connectivity index is 1.42.